The number of nitrogens with one attached hydrogen (secondary N) is 1. The third kappa shape index (κ3) is 3.25. The number of nitrogens with zero attached hydrogens (tertiary/aromatic N) is 1. The van der Waals surface area contributed by atoms with E-state index in [2.05, 4.69) is 10.3 Å². The van der Waals surface area contributed by atoms with Crippen LogP contribution in [0.25, 0.3) is 0 Å². The van der Waals surface area contributed by atoms with Crippen LogP contribution < -0.4 is 5.32 Å². The van der Waals surface area contributed by atoms with Crippen molar-refractivity contribution in [3.63, 3.8) is 0 Å². The molecule has 0 saturated carbocycles. The maximum Gasteiger partial charge on any atom is 0.309 e. The van der Waals surface area contributed by atoms with Gasteiger partial charge in [-0.1, -0.05) is 0 Å². The van der Waals surface area contributed by atoms with Gasteiger partial charge in [-0.25, -0.2) is 13.8 Å². The molecule has 4 nitrogen and oxygen atoms in total. The van der Waals surface area contributed by atoms with Gasteiger partial charge in [0.05, 0.1) is 17.8 Å². The molecule has 0 bridgehead atoms. The van der Waals surface area contributed by atoms with Crippen molar-refractivity contribution >= 4 is 28.1 Å². The molecule has 0 aliphatic rings. The number of aromatic nitrogens is 1. The Labute approximate surface area is 111 Å². The Morgan fingerprint density at radius 1 is 1.42 bits per heavy atom. The van der Waals surface area contributed by atoms with Crippen LogP contribution in [0.3, 0.4) is 0 Å². The summed E-state index contributed by atoms with van der Waals surface area (Å²) in [5.41, 5.74) is 0.557. The molecule has 1 aromatic carbocycles. The molecule has 1 heterocycles. The van der Waals surface area contributed by atoms with Gasteiger partial charge in [-0.15, -0.1) is 11.3 Å². The second-order valence-electron chi connectivity index (χ2n) is 3.92. The quantitative estimate of drug-likeness (QED) is 0.905. The van der Waals surface area contributed by atoms with Crippen molar-refractivity contribution in [1.29, 1.82) is 0 Å². The van der Waals surface area contributed by atoms with Crippen LogP contribution in [-0.4, -0.2) is 16.1 Å². The Hall–Kier alpha value is -2.02. The number of aryl methyl sites for hydroxylation is 1. The second kappa shape index (κ2) is 5.31. The molecule has 0 aliphatic carbocycles. The van der Waals surface area contributed by atoms with Crippen molar-refractivity contribution in [1.82, 2.24) is 4.98 Å². The normalized spacial score (nSPS) is 10.5. The summed E-state index contributed by atoms with van der Waals surface area (Å²) in [4.78, 5) is 14.5. The third-order valence-electron chi connectivity index (χ3n) is 2.37. The number of carboxylic acids is 1. The van der Waals surface area contributed by atoms with E-state index < -0.39 is 17.6 Å². The summed E-state index contributed by atoms with van der Waals surface area (Å²) in [7, 11) is 0. The standard InChI is InChI=1S/C12H10F2N2O2S/c1-6-2-9(14)10(4-8(6)13)16-12-15-7(5-19-12)3-11(17)18/h2,4-5H,3H2,1H3,(H,15,16)(H,17,18). The molecular formula is C12H10F2N2O2S. The first-order valence-corrected chi connectivity index (χ1v) is 6.22. The van der Waals surface area contributed by atoms with Crippen LogP contribution in [0.4, 0.5) is 19.6 Å². The number of benzene rings is 1. The van der Waals surface area contributed by atoms with Crippen LogP contribution >= 0.6 is 11.3 Å². The van der Waals surface area contributed by atoms with Gasteiger partial charge in [-0.2, -0.15) is 0 Å². The zero-order valence-electron chi connectivity index (χ0n) is 9.91. The van der Waals surface area contributed by atoms with E-state index in [0.717, 1.165) is 23.5 Å². The minimum atomic E-state index is -0.996. The molecule has 7 heteroatoms. The van der Waals surface area contributed by atoms with Gasteiger partial charge < -0.3 is 10.4 Å². The van der Waals surface area contributed by atoms with Crippen molar-refractivity contribution in [3.05, 3.63) is 40.4 Å². The van der Waals surface area contributed by atoms with Crippen molar-refractivity contribution in [2.24, 2.45) is 0 Å². The Bertz CT molecular complexity index is 628. The van der Waals surface area contributed by atoms with Crippen molar-refractivity contribution in [2.75, 3.05) is 5.32 Å². The zero-order chi connectivity index (χ0) is 14.0. The molecule has 0 atom stereocenters. The van der Waals surface area contributed by atoms with Gasteiger partial charge in [0, 0.05) is 11.4 Å². The van der Waals surface area contributed by atoms with Gasteiger partial charge >= 0.3 is 5.97 Å². The van der Waals surface area contributed by atoms with Gasteiger partial charge in [0.1, 0.15) is 11.6 Å². The van der Waals surface area contributed by atoms with E-state index in [0.29, 0.717) is 10.8 Å². The van der Waals surface area contributed by atoms with Gasteiger partial charge in [-0.3, -0.25) is 4.79 Å². The highest BCUT2D eigenvalue weighted by atomic mass is 32.1. The predicted molar refractivity (Wildman–Crippen MR) is 67.8 cm³/mol. The smallest absolute Gasteiger partial charge is 0.309 e. The largest absolute Gasteiger partial charge is 0.481 e. The fourth-order valence-electron chi connectivity index (χ4n) is 1.46. The number of hydrogen-bond acceptors (Lipinski definition) is 4. The predicted octanol–water partition coefficient (Wildman–Crippen LogP) is 3.10. The molecule has 0 fully saturated rings. The maximum absolute atomic E-state index is 13.6. The highest BCUT2D eigenvalue weighted by Crippen LogP contribution is 2.25. The number of thiazole rings is 1. The molecule has 2 rings (SSSR count). The summed E-state index contributed by atoms with van der Waals surface area (Å²) in [6, 6.07) is 2.13. The highest BCUT2D eigenvalue weighted by Gasteiger charge is 2.10. The van der Waals surface area contributed by atoms with Gasteiger partial charge in [0.2, 0.25) is 0 Å². The number of rotatable bonds is 4. The van der Waals surface area contributed by atoms with E-state index >= 15 is 0 Å². The molecule has 2 aromatic rings. The number of carbonyl (C=O) groups is 1. The maximum atomic E-state index is 13.6. The first-order valence-electron chi connectivity index (χ1n) is 5.34. The second-order valence-corrected chi connectivity index (χ2v) is 4.78. The molecule has 0 saturated heterocycles. The molecule has 0 spiro atoms. The van der Waals surface area contributed by atoms with Gasteiger partial charge in [0.25, 0.3) is 0 Å². The summed E-state index contributed by atoms with van der Waals surface area (Å²) >= 11 is 1.13. The third-order valence-corrected chi connectivity index (χ3v) is 3.18. The van der Waals surface area contributed by atoms with E-state index in [9.17, 15) is 13.6 Å². The van der Waals surface area contributed by atoms with Crippen LogP contribution in [0, 0.1) is 18.6 Å². The minimum absolute atomic E-state index is 0.0284. The van der Waals surface area contributed by atoms with E-state index in [1.54, 1.807) is 5.38 Å². The summed E-state index contributed by atoms with van der Waals surface area (Å²) in [5, 5.41) is 13.1. The molecular weight excluding hydrogens is 274 g/mol. The highest BCUT2D eigenvalue weighted by molar-refractivity contribution is 7.13. The summed E-state index contributed by atoms with van der Waals surface area (Å²) < 4.78 is 26.9. The van der Waals surface area contributed by atoms with Crippen LogP contribution in [-0.2, 0) is 11.2 Å². The summed E-state index contributed by atoms with van der Waals surface area (Å²) in [6.45, 7) is 1.47. The Balaban J connectivity index is 2.19. The molecule has 2 N–H and O–H groups in total. The topological polar surface area (TPSA) is 62.2 Å². The van der Waals surface area contributed by atoms with Crippen molar-refractivity contribution in [2.45, 2.75) is 13.3 Å². The van der Waals surface area contributed by atoms with E-state index in [4.69, 9.17) is 5.11 Å². The zero-order valence-corrected chi connectivity index (χ0v) is 10.7. The van der Waals surface area contributed by atoms with Crippen molar-refractivity contribution < 1.29 is 18.7 Å². The van der Waals surface area contributed by atoms with Crippen LogP contribution in [0.15, 0.2) is 17.5 Å². The lowest BCUT2D eigenvalue weighted by atomic mass is 10.2. The lowest BCUT2D eigenvalue weighted by Gasteiger charge is -2.06. The lowest BCUT2D eigenvalue weighted by Crippen LogP contribution is -2.01. The fraction of sp³-hybridized carbons (Fsp3) is 0.167. The van der Waals surface area contributed by atoms with Gasteiger partial charge in [-0.05, 0) is 18.6 Å². The van der Waals surface area contributed by atoms with E-state index in [1.807, 2.05) is 0 Å². The lowest BCUT2D eigenvalue weighted by molar-refractivity contribution is -0.136. The molecule has 0 unspecified atom stereocenters. The summed E-state index contributed by atoms with van der Waals surface area (Å²) in [5.74, 6) is -2.11. The van der Waals surface area contributed by atoms with Crippen LogP contribution in [0.2, 0.25) is 0 Å². The number of anilines is 2. The average Bonchev–Trinajstić information content (AvgIpc) is 2.72. The molecule has 100 valence electrons. The molecule has 19 heavy (non-hydrogen) atoms. The molecule has 0 amide bonds. The van der Waals surface area contributed by atoms with E-state index in [-0.39, 0.29) is 17.7 Å². The minimum Gasteiger partial charge on any atom is -0.481 e. The van der Waals surface area contributed by atoms with Crippen molar-refractivity contribution in [3.8, 4) is 0 Å². The first kappa shape index (κ1) is 13.4. The number of aliphatic carboxylic acids is 1. The molecule has 0 radical (unpaired) electrons. The summed E-state index contributed by atoms with van der Waals surface area (Å²) in [6.07, 6.45) is -0.205. The Morgan fingerprint density at radius 3 is 2.84 bits per heavy atom. The van der Waals surface area contributed by atoms with Gasteiger partial charge in [0.15, 0.2) is 5.13 Å². The van der Waals surface area contributed by atoms with Crippen LogP contribution in [0.1, 0.15) is 11.3 Å². The number of hydrogen-bond donors (Lipinski definition) is 2. The SMILES string of the molecule is Cc1cc(F)c(Nc2nc(CC(=O)O)cs2)cc1F. The molecule has 0 aliphatic heterocycles. The van der Waals surface area contributed by atoms with Crippen LogP contribution in [0.5, 0.6) is 0 Å². The van der Waals surface area contributed by atoms with E-state index in [1.165, 1.54) is 6.92 Å². The first-order chi connectivity index (χ1) is 8.95. The number of carboxylic acid groups (broad SMARTS) is 1. The average molecular weight is 284 g/mol. The fourth-order valence-corrected chi connectivity index (χ4v) is 2.18. The monoisotopic (exact) mass is 284 g/mol. The Kier molecular flexibility index (Phi) is 3.75. The molecule has 1 aromatic heterocycles. The number of halogens is 2. The Morgan fingerprint density at radius 2 is 2.16 bits per heavy atom.